The van der Waals surface area contributed by atoms with Gasteiger partial charge in [-0.05, 0) is 0 Å². The quantitative estimate of drug-likeness (QED) is 0.468. The van der Waals surface area contributed by atoms with Gasteiger partial charge >= 0.3 is 122 Å². The number of hydrogen-bond acceptors (Lipinski definition) is 2. The molecule has 0 heterocycles. The van der Waals surface area contributed by atoms with Gasteiger partial charge in [0.25, 0.3) is 0 Å². The van der Waals surface area contributed by atoms with Crippen molar-refractivity contribution in [3.8, 4) is 0 Å². The molecule has 0 atom stereocenters. The van der Waals surface area contributed by atoms with Crippen molar-refractivity contribution < 1.29 is 30.9 Å². The molecule has 0 N–H and O–H groups in total. The van der Waals surface area contributed by atoms with E-state index in [0.717, 1.165) is 12.1 Å². The van der Waals surface area contributed by atoms with Gasteiger partial charge in [0, 0.05) is 0 Å². The van der Waals surface area contributed by atoms with E-state index in [4.69, 9.17) is 0 Å². The molecule has 0 saturated heterocycles. The van der Waals surface area contributed by atoms with E-state index >= 15 is 0 Å². The Morgan fingerprint density at radius 2 is 1.55 bits per heavy atom. The van der Waals surface area contributed by atoms with Gasteiger partial charge in [0.15, 0.2) is 0 Å². The fourth-order valence-electron chi connectivity index (χ4n) is 1.89. The van der Waals surface area contributed by atoms with Crippen molar-refractivity contribution in [1.29, 1.82) is 0 Å². The summed E-state index contributed by atoms with van der Waals surface area (Å²) in [5.41, 5.74) is -2.19. The van der Waals surface area contributed by atoms with Crippen molar-refractivity contribution in [2.24, 2.45) is 0 Å². The third kappa shape index (κ3) is 2.40. The number of carbonyl (C=O) groups is 1. The minimum atomic E-state index is -6.96. The molecular weight excluding hydrogens is 326 g/mol. The molecule has 2 aromatic carbocycles. The summed E-state index contributed by atoms with van der Waals surface area (Å²) in [7, 11) is -6.43. The van der Waals surface area contributed by atoms with Crippen LogP contribution in [0.15, 0.2) is 42.5 Å². The SMILES string of the molecule is COP(F)(F)(C(=O)c1ccccc1)c1ccc(F)c(F)c1F. The molecule has 0 aliphatic heterocycles. The van der Waals surface area contributed by atoms with E-state index in [2.05, 4.69) is 4.52 Å². The average molecular weight is 336 g/mol. The number of halogens is 5. The molecule has 2 nitrogen and oxygen atoms in total. The van der Waals surface area contributed by atoms with E-state index in [1.807, 2.05) is 0 Å². The van der Waals surface area contributed by atoms with Crippen LogP contribution in [0, 0.1) is 17.5 Å². The van der Waals surface area contributed by atoms with Gasteiger partial charge in [-0.15, -0.1) is 0 Å². The first-order valence-electron chi connectivity index (χ1n) is 5.97. The summed E-state index contributed by atoms with van der Waals surface area (Å²) in [6, 6.07) is 7.01. The van der Waals surface area contributed by atoms with E-state index in [9.17, 15) is 26.4 Å². The molecule has 0 aliphatic rings. The van der Waals surface area contributed by atoms with Crippen LogP contribution in [0.25, 0.3) is 0 Å². The van der Waals surface area contributed by atoms with Crippen LogP contribution in [-0.2, 0) is 4.52 Å². The molecule has 118 valence electrons. The second-order valence-corrected chi connectivity index (χ2v) is 7.30. The molecule has 0 fully saturated rings. The van der Waals surface area contributed by atoms with Crippen LogP contribution in [0.5, 0.6) is 0 Å². The van der Waals surface area contributed by atoms with E-state index in [1.165, 1.54) is 18.2 Å². The van der Waals surface area contributed by atoms with Crippen molar-refractivity contribution in [3.05, 3.63) is 65.5 Å². The van der Waals surface area contributed by atoms with Gasteiger partial charge in [-0.2, -0.15) is 0 Å². The zero-order valence-electron chi connectivity index (χ0n) is 11.2. The Balaban J connectivity index is 2.71. The molecule has 2 rings (SSSR count). The van der Waals surface area contributed by atoms with Gasteiger partial charge in [-0.25, -0.2) is 0 Å². The van der Waals surface area contributed by atoms with Crippen molar-refractivity contribution in [2.75, 3.05) is 7.11 Å². The van der Waals surface area contributed by atoms with Crippen LogP contribution in [0.1, 0.15) is 10.4 Å². The summed E-state index contributed by atoms with van der Waals surface area (Å²) < 4.78 is 74.0. The molecule has 0 saturated carbocycles. The number of benzene rings is 2. The summed E-state index contributed by atoms with van der Waals surface area (Å²) in [5.74, 6) is -5.85. The Kier molecular flexibility index (Phi) is 4.06. The first-order chi connectivity index (χ1) is 10.2. The Hall–Kier alpha value is -1.85. The second kappa shape index (κ2) is 5.41. The van der Waals surface area contributed by atoms with Crippen LogP contribution in [0.2, 0.25) is 0 Å². The van der Waals surface area contributed by atoms with Crippen LogP contribution in [0.4, 0.5) is 21.6 Å². The molecule has 0 aliphatic carbocycles. The van der Waals surface area contributed by atoms with Gasteiger partial charge in [0.1, 0.15) is 0 Å². The summed E-state index contributed by atoms with van der Waals surface area (Å²) in [4.78, 5) is 12.2. The van der Waals surface area contributed by atoms with Crippen molar-refractivity contribution in [3.63, 3.8) is 0 Å². The number of carbonyl (C=O) groups excluding carboxylic acids is 1. The molecule has 0 unspecified atom stereocenters. The van der Waals surface area contributed by atoms with Crippen LogP contribution in [0.3, 0.4) is 0 Å². The second-order valence-electron chi connectivity index (χ2n) is 4.38. The first kappa shape index (κ1) is 16.5. The molecule has 22 heavy (non-hydrogen) atoms. The molecule has 8 heteroatoms. The monoisotopic (exact) mass is 336 g/mol. The summed E-state index contributed by atoms with van der Waals surface area (Å²) in [6.45, 7) is 0. The van der Waals surface area contributed by atoms with Gasteiger partial charge in [-0.3, -0.25) is 0 Å². The van der Waals surface area contributed by atoms with Crippen molar-refractivity contribution in [2.45, 2.75) is 0 Å². The fourth-order valence-corrected chi connectivity index (χ4v) is 3.80. The maximum atomic E-state index is 15.0. The molecule has 0 amide bonds. The summed E-state index contributed by atoms with van der Waals surface area (Å²) in [6.07, 6.45) is 0. The van der Waals surface area contributed by atoms with Crippen molar-refractivity contribution >= 4 is 18.3 Å². The van der Waals surface area contributed by atoms with E-state index in [1.54, 1.807) is 0 Å². The molecular formula is C14H10F5O2P. The number of hydrogen-bond donors (Lipinski definition) is 0. The normalized spacial score (nSPS) is 13.5. The standard InChI is InChI=1S/C14H10F5O2P/c1-21-22(18,19,14(20)9-5-3-2-4-6-9)11-8-7-10(15)12(16)13(11)17/h2-8H,1H3. The van der Waals surface area contributed by atoms with Crippen LogP contribution < -0.4 is 5.30 Å². The predicted octanol–water partition coefficient (Wildman–Crippen LogP) is 4.45. The molecule has 2 aromatic rings. The van der Waals surface area contributed by atoms with Gasteiger partial charge in [-0.1, -0.05) is 0 Å². The van der Waals surface area contributed by atoms with E-state index in [-0.39, 0.29) is 0 Å². The third-order valence-corrected chi connectivity index (χ3v) is 5.82. The number of rotatable bonds is 4. The Bertz CT molecular complexity index is 734. The van der Waals surface area contributed by atoms with Crippen molar-refractivity contribution in [1.82, 2.24) is 0 Å². The molecule has 0 spiro atoms. The van der Waals surface area contributed by atoms with Gasteiger partial charge in [0.05, 0.1) is 0 Å². The van der Waals surface area contributed by atoms with Crippen LogP contribution >= 0.6 is 7.45 Å². The summed E-state index contributed by atoms with van der Waals surface area (Å²) >= 11 is 0. The zero-order chi connectivity index (χ0) is 16.6. The Morgan fingerprint density at radius 1 is 0.955 bits per heavy atom. The topological polar surface area (TPSA) is 26.3 Å². The minimum absolute atomic E-state index is 0.325. The first-order valence-corrected chi connectivity index (χ1v) is 7.90. The summed E-state index contributed by atoms with van der Waals surface area (Å²) in [5, 5.41) is -1.57. The van der Waals surface area contributed by atoms with E-state index in [0.29, 0.717) is 19.2 Å². The maximum absolute atomic E-state index is 15.0. The fraction of sp³-hybridized carbons (Fsp3) is 0.0714. The molecule has 0 aromatic heterocycles. The van der Waals surface area contributed by atoms with Gasteiger partial charge in [0.2, 0.25) is 0 Å². The van der Waals surface area contributed by atoms with Crippen LogP contribution in [-0.4, -0.2) is 12.6 Å². The zero-order valence-corrected chi connectivity index (χ0v) is 12.1. The van der Waals surface area contributed by atoms with E-state index < -0.39 is 41.3 Å². The third-order valence-electron chi connectivity index (χ3n) is 3.10. The predicted molar refractivity (Wildman–Crippen MR) is 72.9 cm³/mol. The Labute approximate surface area is 122 Å². The molecule has 0 bridgehead atoms. The average Bonchev–Trinajstić information content (AvgIpc) is 2.52. The molecule has 0 radical (unpaired) electrons. The Morgan fingerprint density at radius 3 is 2.09 bits per heavy atom. The van der Waals surface area contributed by atoms with Gasteiger partial charge < -0.3 is 0 Å².